The fraction of sp³-hybridized carbons (Fsp3) is 0.714. The summed E-state index contributed by atoms with van der Waals surface area (Å²) in [5.74, 6) is 1.65. The number of hydrogen-bond donors (Lipinski definition) is 1. The van der Waals surface area contributed by atoms with Gasteiger partial charge in [-0.3, -0.25) is 0 Å². The maximum absolute atomic E-state index is 6.48. The molecular weight excluding hydrogens is 212 g/mol. The van der Waals surface area contributed by atoms with Crippen LogP contribution in [0.15, 0.2) is 22.8 Å². The van der Waals surface area contributed by atoms with Gasteiger partial charge in [0.15, 0.2) is 0 Å². The zero-order chi connectivity index (χ0) is 12.5. The van der Waals surface area contributed by atoms with Crippen LogP contribution in [-0.2, 0) is 0 Å². The molecule has 3 unspecified atom stereocenters. The molecule has 0 aliphatic heterocycles. The summed E-state index contributed by atoms with van der Waals surface area (Å²) in [6.07, 6.45) is 6.60. The van der Waals surface area contributed by atoms with Gasteiger partial charge in [-0.15, -0.1) is 0 Å². The highest BCUT2D eigenvalue weighted by molar-refractivity contribution is 5.13. The van der Waals surface area contributed by atoms with Gasteiger partial charge in [0.25, 0.3) is 0 Å². The second kappa shape index (κ2) is 4.83. The minimum Gasteiger partial charge on any atom is -0.468 e. The Morgan fingerprint density at radius 3 is 2.82 bits per heavy atom. The molecule has 0 saturated heterocycles. The number of nitrogens with zero attached hydrogens (tertiary/aromatic N) is 1. The van der Waals surface area contributed by atoms with Crippen molar-refractivity contribution in [1.29, 1.82) is 0 Å². The smallest absolute Gasteiger partial charge is 0.122 e. The van der Waals surface area contributed by atoms with Crippen LogP contribution in [0.1, 0.15) is 44.4 Å². The van der Waals surface area contributed by atoms with Gasteiger partial charge in [-0.1, -0.05) is 19.8 Å². The Hall–Kier alpha value is -0.800. The van der Waals surface area contributed by atoms with E-state index >= 15 is 0 Å². The van der Waals surface area contributed by atoms with Crippen molar-refractivity contribution < 1.29 is 4.42 Å². The molecule has 1 aromatic rings. The summed E-state index contributed by atoms with van der Waals surface area (Å²) < 4.78 is 5.51. The summed E-state index contributed by atoms with van der Waals surface area (Å²) in [5.41, 5.74) is 6.53. The van der Waals surface area contributed by atoms with Gasteiger partial charge in [0.05, 0.1) is 12.3 Å². The van der Waals surface area contributed by atoms with Crippen molar-refractivity contribution in [2.45, 2.75) is 44.2 Å². The third-order valence-corrected chi connectivity index (χ3v) is 4.33. The minimum atomic E-state index is -0.0322. The van der Waals surface area contributed by atoms with Crippen LogP contribution >= 0.6 is 0 Å². The largest absolute Gasteiger partial charge is 0.468 e. The molecule has 1 aliphatic rings. The van der Waals surface area contributed by atoms with Gasteiger partial charge in [0, 0.05) is 5.54 Å². The van der Waals surface area contributed by atoms with E-state index in [9.17, 15) is 0 Å². The normalized spacial score (nSPS) is 31.7. The van der Waals surface area contributed by atoms with Crippen LogP contribution in [0.4, 0.5) is 0 Å². The van der Waals surface area contributed by atoms with Crippen molar-refractivity contribution in [2.24, 2.45) is 11.7 Å². The summed E-state index contributed by atoms with van der Waals surface area (Å²) in [6, 6.07) is 3.88. The maximum atomic E-state index is 6.48. The first-order valence-electron chi connectivity index (χ1n) is 6.52. The molecule has 1 saturated carbocycles. The highest BCUT2D eigenvalue weighted by Crippen LogP contribution is 2.42. The van der Waals surface area contributed by atoms with Gasteiger partial charge < -0.3 is 15.1 Å². The first kappa shape index (κ1) is 12.7. The Kier molecular flexibility index (Phi) is 3.59. The number of rotatable bonds is 3. The molecule has 1 aromatic heterocycles. The highest BCUT2D eigenvalue weighted by Gasteiger charge is 2.43. The topological polar surface area (TPSA) is 42.4 Å². The average Bonchev–Trinajstić information content (AvgIpc) is 2.81. The number of furan rings is 1. The number of hydrogen-bond acceptors (Lipinski definition) is 3. The van der Waals surface area contributed by atoms with E-state index in [2.05, 4.69) is 25.9 Å². The molecular formula is C14H24N2O. The third kappa shape index (κ3) is 2.26. The predicted molar refractivity (Wildman–Crippen MR) is 69.7 cm³/mol. The number of nitrogens with two attached hydrogens (primary N) is 1. The van der Waals surface area contributed by atoms with Gasteiger partial charge in [-0.05, 0) is 45.0 Å². The van der Waals surface area contributed by atoms with Crippen LogP contribution in [0.25, 0.3) is 0 Å². The molecule has 3 atom stereocenters. The van der Waals surface area contributed by atoms with Crippen molar-refractivity contribution in [1.82, 2.24) is 4.90 Å². The van der Waals surface area contributed by atoms with E-state index in [-0.39, 0.29) is 11.6 Å². The molecule has 3 nitrogen and oxygen atoms in total. The molecule has 17 heavy (non-hydrogen) atoms. The first-order chi connectivity index (χ1) is 8.06. The monoisotopic (exact) mass is 236 g/mol. The molecule has 0 amide bonds. The first-order valence-corrected chi connectivity index (χ1v) is 6.52. The van der Waals surface area contributed by atoms with E-state index in [1.54, 1.807) is 6.26 Å². The number of likely N-dealkylation sites (N-methyl/N-ethyl adjacent to an activating group) is 1. The molecule has 96 valence electrons. The van der Waals surface area contributed by atoms with Crippen molar-refractivity contribution in [3.05, 3.63) is 24.2 Å². The highest BCUT2D eigenvalue weighted by atomic mass is 16.3. The standard InChI is InChI=1S/C14H24N2O/c1-11-6-4-8-14(10-11,16(2)3)13(15)12-7-5-9-17-12/h5,7,9,11,13H,4,6,8,10,15H2,1-3H3. The zero-order valence-electron chi connectivity index (χ0n) is 11.1. The quantitative estimate of drug-likeness (QED) is 0.877. The van der Waals surface area contributed by atoms with Crippen molar-refractivity contribution in [3.63, 3.8) is 0 Å². The Balaban J connectivity index is 2.27. The Bertz CT molecular complexity index is 347. The molecule has 1 aliphatic carbocycles. The molecule has 0 radical (unpaired) electrons. The molecule has 0 bridgehead atoms. The van der Waals surface area contributed by atoms with Crippen LogP contribution in [0.2, 0.25) is 0 Å². The molecule has 0 aromatic carbocycles. The fourth-order valence-corrected chi connectivity index (χ4v) is 3.26. The van der Waals surface area contributed by atoms with E-state index in [0.29, 0.717) is 0 Å². The Labute approximate surface area is 104 Å². The average molecular weight is 236 g/mol. The fourth-order valence-electron chi connectivity index (χ4n) is 3.26. The van der Waals surface area contributed by atoms with Gasteiger partial charge in [-0.25, -0.2) is 0 Å². The second-order valence-electron chi connectivity index (χ2n) is 5.69. The van der Waals surface area contributed by atoms with Crippen LogP contribution in [0.3, 0.4) is 0 Å². The van der Waals surface area contributed by atoms with Crippen molar-refractivity contribution in [2.75, 3.05) is 14.1 Å². The van der Waals surface area contributed by atoms with Gasteiger partial charge >= 0.3 is 0 Å². The summed E-state index contributed by atoms with van der Waals surface area (Å²) >= 11 is 0. The van der Waals surface area contributed by atoms with E-state index in [4.69, 9.17) is 10.2 Å². The van der Waals surface area contributed by atoms with Crippen LogP contribution in [0.5, 0.6) is 0 Å². The lowest BCUT2D eigenvalue weighted by molar-refractivity contribution is 0.0432. The summed E-state index contributed by atoms with van der Waals surface area (Å²) in [7, 11) is 4.28. The SMILES string of the molecule is CC1CCCC(C(N)c2ccco2)(N(C)C)C1. The molecule has 3 heteroatoms. The van der Waals surface area contributed by atoms with Crippen LogP contribution in [0, 0.1) is 5.92 Å². The van der Waals surface area contributed by atoms with E-state index < -0.39 is 0 Å². The predicted octanol–water partition coefficient (Wildman–Crippen LogP) is 2.79. The molecule has 0 spiro atoms. The lowest BCUT2D eigenvalue weighted by Gasteiger charge is -2.48. The molecule has 2 rings (SSSR count). The second-order valence-corrected chi connectivity index (χ2v) is 5.69. The molecule has 2 N–H and O–H groups in total. The van der Waals surface area contributed by atoms with Crippen molar-refractivity contribution >= 4 is 0 Å². The lowest BCUT2D eigenvalue weighted by atomic mass is 9.71. The van der Waals surface area contributed by atoms with Crippen LogP contribution in [-0.4, -0.2) is 24.5 Å². The lowest BCUT2D eigenvalue weighted by Crippen LogP contribution is -2.54. The zero-order valence-corrected chi connectivity index (χ0v) is 11.1. The summed E-state index contributed by atoms with van der Waals surface area (Å²) in [5, 5.41) is 0. The minimum absolute atomic E-state index is 0.0322. The van der Waals surface area contributed by atoms with Crippen LogP contribution < -0.4 is 5.73 Å². The molecule has 1 heterocycles. The summed E-state index contributed by atoms with van der Waals surface area (Å²) in [6.45, 7) is 2.33. The Morgan fingerprint density at radius 1 is 1.53 bits per heavy atom. The summed E-state index contributed by atoms with van der Waals surface area (Å²) in [4.78, 5) is 2.30. The van der Waals surface area contributed by atoms with Gasteiger partial charge in [0.1, 0.15) is 5.76 Å². The van der Waals surface area contributed by atoms with E-state index in [0.717, 1.165) is 24.5 Å². The molecule has 1 fully saturated rings. The van der Waals surface area contributed by atoms with Crippen molar-refractivity contribution in [3.8, 4) is 0 Å². The maximum Gasteiger partial charge on any atom is 0.122 e. The van der Waals surface area contributed by atoms with Gasteiger partial charge in [0.2, 0.25) is 0 Å². The van der Waals surface area contributed by atoms with E-state index in [1.807, 2.05) is 12.1 Å². The van der Waals surface area contributed by atoms with Gasteiger partial charge in [-0.2, -0.15) is 0 Å². The third-order valence-electron chi connectivity index (χ3n) is 4.33. The van der Waals surface area contributed by atoms with E-state index in [1.165, 1.54) is 12.8 Å². The Morgan fingerprint density at radius 2 is 2.29 bits per heavy atom.